The van der Waals surface area contributed by atoms with Gasteiger partial charge in [-0.2, -0.15) is 5.10 Å². The van der Waals surface area contributed by atoms with Crippen molar-refractivity contribution in [3.8, 4) is 5.75 Å². The molecule has 1 aromatic carbocycles. The number of halogens is 1. The minimum Gasteiger partial charge on any atom is -0.496 e. The average Bonchev–Trinajstić information content (AvgIpc) is 2.96. The van der Waals surface area contributed by atoms with Crippen LogP contribution in [0.2, 0.25) is 0 Å². The van der Waals surface area contributed by atoms with Gasteiger partial charge in [-0.25, -0.2) is 0 Å². The van der Waals surface area contributed by atoms with Crippen LogP contribution in [-0.2, 0) is 6.54 Å². The molecule has 0 spiro atoms. The average molecular weight is 365 g/mol. The third-order valence-corrected chi connectivity index (χ3v) is 4.77. The predicted molar refractivity (Wildman–Crippen MR) is 104 cm³/mol. The van der Waals surface area contributed by atoms with Crippen LogP contribution in [0.4, 0.5) is 0 Å². The van der Waals surface area contributed by atoms with E-state index in [-0.39, 0.29) is 12.4 Å². The van der Waals surface area contributed by atoms with Crippen molar-refractivity contribution in [2.45, 2.75) is 39.4 Å². The maximum absolute atomic E-state index is 5.59. The van der Waals surface area contributed by atoms with Crippen molar-refractivity contribution in [2.75, 3.05) is 26.7 Å². The molecule has 1 aromatic heterocycles. The minimum atomic E-state index is 0. The molecule has 6 heteroatoms. The van der Waals surface area contributed by atoms with Gasteiger partial charge in [-0.15, -0.1) is 12.4 Å². The molecule has 5 nitrogen and oxygen atoms in total. The summed E-state index contributed by atoms with van der Waals surface area (Å²) in [4.78, 5) is 2.53. The summed E-state index contributed by atoms with van der Waals surface area (Å²) in [5, 5.41) is 8.18. The maximum atomic E-state index is 5.59. The van der Waals surface area contributed by atoms with Crippen molar-refractivity contribution >= 4 is 12.4 Å². The Labute approximate surface area is 156 Å². The second-order valence-electron chi connectivity index (χ2n) is 6.75. The summed E-state index contributed by atoms with van der Waals surface area (Å²) in [7, 11) is 1.75. The zero-order valence-electron chi connectivity index (χ0n) is 15.5. The molecule has 1 aliphatic heterocycles. The summed E-state index contributed by atoms with van der Waals surface area (Å²) in [6, 6.07) is 9.05. The fourth-order valence-corrected chi connectivity index (χ4v) is 3.34. The fourth-order valence-electron chi connectivity index (χ4n) is 3.34. The van der Waals surface area contributed by atoms with Crippen molar-refractivity contribution in [3.63, 3.8) is 0 Å². The highest BCUT2D eigenvalue weighted by atomic mass is 35.5. The lowest BCUT2D eigenvalue weighted by Gasteiger charge is -2.37. The molecule has 0 saturated carbocycles. The molecule has 1 unspecified atom stereocenters. The maximum Gasteiger partial charge on any atom is 0.123 e. The third kappa shape index (κ3) is 4.35. The van der Waals surface area contributed by atoms with Crippen LogP contribution in [0.3, 0.4) is 0 Å². The third-order valence-electron chi connectivity index (χ3n) is 4.77. The van der Waals surface area contributed by atoms with E-state index in [0.717, 1.165) is 37.6 Å². The molecule has 1 aliphatic rings. The van der Waals surface area contributed by atoms with E-state index in [1.165, 1.54) is 11.1 Å². The summed E-state index contributed by atoms with van der Waals surface area (Å²) < 4.78 is 7.65. The van der Waals surface area contributed by atoms with E-state index in [4.69, 9.17) is 4.74 Å². The zero-order valence-corrected chi connectivity index (χ0v) is 16.3. The van der Waals surface area contributed by atoms with Gasteiger partial charge in [-0.05, 0) is 26.8 Å². The number of benzene rings is 1. The van der Waals surface area contributed by atoms with Crippen LogP contribution in [0.5, 0.6) is 5.75 Å². The molecular weight excluding hydrogens is 336 g/mol. The van der Waals surface area contributed by atoms with Crippen molar-refractivity contribution in [1.29, 1.82) is 0 Å². The molecule has 2 aromatic rings. The Kier molecular flexibility index (Phi) is 6.87. The van der Waals surface area contributed by atoms with Gasteiger partial charge in [0.05, 0.1) is 18.8 Å². The Morgan fingerprint density at radius 1 is 1.32 bits per heavy atom. The topological polar surface area (TPSA) is 42.3 Å². The molecule has 3 rings (SSSR count). The summed E-state index contributed by atoms with van der Waals surface area (Å²) in [5.74, 6) is 0.964. The van der Waals surface area contributed by atoms with Crippen molar-refractivity contribution in [1.82, 2.24) is 20.0 Å². The van der Waals surface area contributed by atoms with E-state index in [1.54, 1.807) is 7.11 Å². The highest BCUT2D eigenvalue weighted by Crippen LogP contribution is 2.31. The van der Waals surface area contributed by atoms with E-state index in [0.29, 0.717) is 12.1 Å². The standard InChI is InChI=1S/C19H28N4O.ClH/c1-14(2)23-13-16(15(3)21-23)12-22-10-9-20-11-18(22)17-7-5-6-8-19(17)24-4;/h5-8,13-14,18,20H,9-12H2,1-4H3;1H. The van der Waals surface area contributed by atoms with E-state index < -0.39 is 0 Å². The van der Waals surface area contributed by atoms with E-state index >= 15 is 0 Å². The number of ether oxygens (including phenoxy) is 1. The Bertz CT molecular complexity index is 686. The molecule has 25 heavy (non-hydrogen) atoms. The molecule has 2 heterocycles. The first kappa shape index (κ1) is 19.8. The first-order valence-corrected chi connectivity index (χ1v) is 8.72. The smallest absolute Gasteiger partial charge is 0.123 e. The first-order chi connectivity index (χ1) is 11.6. The van der Waals surface area contributed by atoms with Crippen molar-refractivity contribution in [2.24, 2.45) is 0 Å². The Balaban J connectivity index is 0.00000225. The lowest BCUT2D eigenvalue weighted by Crippen LogP contribution is -2.45. The summed E-state index contributed by atoms with van der Waals surface area (Å²) in [6.07, 6.45) is 2.20. The molecule has 1 saturated heterocycles. The molecule has 0 bridgehead atoms. The molecule has 1 N–H and O–H groups in total. The van der Waals surface area contributed by atoms with Crippen molar-refractivity contribution in [3.05, 3.63) is 47.3 Å². The molecule has 0 radical (unpaired) electrons. The monoisotopic (exact) mass is 364 g/mol. The lowest BCUT2D eigenvalue weighted by atomic mass is 10.0. The largest absolute Gasteiger partial charge is 0.496 e. The van der Waals surface area contributed by atoms with Crippen LogP contribution >= 0.6 is 12.4 Å². The van der Waals surface area contributed by atoms with Crippen LogP contribution < -0.4 is 10.1 Å². The van der Waals surface area contributed by atoms with Gasteiger partial charge in [0.15, 0.2) is 0 Å². The van der Waals surface area contributed by atoms with E-state index in [9.17, 15) is 0 Å². The zero-order chi connectivity index (χ0) is 17.1. The van der Waals surface area contributed by atoms with Gasteiger partial charge in [0.25, 0.3) is 0 Å². The molecule has 1 atom stereocenters. The molecular formula is C19H29ClN4O. The van der Waals surface area contributed by atoms with Crippen LogP contribution in [-0.4, -0.2) is 41.4 Å². The SMILES string of the molecule is COc1ccccc1C1CNCCN1Cc1cn(C(C)C)nc1C.Cl. The van der Waals surface area contributed by atoms with Gasteiger partial charge in [0.1, 0.15) is 5.75 Å². The minimum absolute atomic E-state index is 0. The highest BCUT2D eigenvalue weighted by Gasteiger charge is 2.27. The normalized spacial score (nSPS) is 18.2. The Hall–Kier alpha value is -1.56. The molecule has 0 aliphatic carbocycles. The first-order valence-electron chi connectivity index (χ1n) is 8.72. The lowest BCUT2D eigenvalue weighted by molar-refractivity contribution is 0.150. The number of para-hydroxylation sites is 1. The van der Waals surface area contributed by atoms with Gasteiger partial charge in [-0.1, -0.05) is 18.2 Å². The van der Waals surface area contributed by atoms with E-state index in [1.807, 2.05) is 12.1 Å². The van der Waals surface area contributed by atoms with Crippen LogP contribution in [0.1, 0.15) is 42.8 Å². The highest BCUT2D eigenvalue weighted by molar-refractivity contribution is 5.85. The number of methoxy groups -OCH3 is 1. The molecule has 138 valence electrons. The number of nitrogens with zero attached hydrogens (tertiary/aromatic N) is 3. The van der Waals surface area contributed by atoms with Crippen LogP contribution in [0.15, 0.2) is 30.5 Å². The number of hydrogen-bond acceptors (Lipinski definition) is 4. The number of aromatic nitrogens is 2. The second-order valence-corrected chi connectivity index (χ2v) is 6.75. The quantitative estimate of drug-likeness (QED) is 0.883. The summed E-state index contributed by atoms with van der Waals surface area (Å²) in [6.45, 7) is 10.3. The second kappa shape index (κ2) is 8.70. The number of rotatable bonds is 5. The van der Waals surface area contributed by atoms with E-state index in [2.05, 4.69) is 59.1 Å². The Morgan fingerprint density at radius 3 is 2.76 bits per heavy atom. The fraction of sp³-hybridized carbons (Fsp3) is 0.526. The van der Waals surface area contributed by atoms with Crippen LogP contribution in [0, 0.1) is 6.92 Å². The van der Waals surface area contributed by atoms with Gasteiger partial charge in [0, 0.05) is 49.5 Å². The van der Waals surface area contributed by atoms with Crippen molar-refractivity contribution < 1.29 is 4.74 Å². The number of hydrogen-bond donors (Lipinski definition) is 1. The number of piperazine rings is 1. The van der Waals surface area contributed by atoms with Gasteiger partial charge in [-0.3, -0.25) is 9.58 Å². The molecule has 1 fully saturated rings. The molecule has 0 amide bonds. The Morgan fingerprint density at radius 2 is 2.08 bits per heavy atom. The predicted octanol–water partition coefficient (Wildman–Crippen LogP) is 3.35. The van der Waals surface area contributed by atoms with Gasteiger partial charge in [0.2, 0.25) is 0 Å². The van der Waals surface area contributed by atoms with Gasteiger partial charge < -0.3 is 10.1 Å². The number of nitrogens with one attached hydrogen (secondary N) is 1. The summed E-state index contributed by atoms with van der Waals surface area (Å²) >= 11 is 0. The number of aryl methyl sites for hydroxylation is 1. The van der Waals surface area contributed by atoms with Gasteiger partial charge >= 0.3 is 0 Å². The summed E-state index contributed by atoms with van der Waals surface area (Å²) in [5.41, 5.74) is 3.69. The van der Waals surface area contributed by atoms with Crippen LogP contribution in [0.25, 0.3) is 0 Å².